The normalized spacial score (nSPS) is 16.7. The first-order chi connectivity index (χ1) is 13.3. The molecule has 0 spiro atoms. The van der Waals surface area contributed by atoms with Gasteiger partial charge in [0, 0.05) is 0 Å². The molecule has 0 aliphatic heterocycles. The van der Waals surface area contributed by atoms with E-state index >= 15 is 0 Å². The highest BCUT2D eigenvalue weighted by atomic mass is 31.1. The summed E-state index contributed by atoms with van der Waals surface area (Å²) in [6.45, 7) is 5.70. The fourth-order valence-electron chi connectivity index (χ4n) is 3.33. The van der Waals surface area contributed by atoms with E-state index in [2.05, 4.69) is 0 Å². The zero-order valence-electron chi connectivity index (χ0n) is 17.3. The molecule has 0 rings (SSSR count). The topological polar surface area (TPSA) is 0 Å². The molecule has 0 heterocycles. The van der Waals surface area contributed by atoms with E-state index in [1.807, 2.05) is 0 Å². The monoisotopic (exact) mass is 544 g/mol. The summed E-state index contributed by atoms with van der Waals surface area (Å²) in [6, 6.07) is 0. The smallest absolute Gasteiger partial charge is 0.201 e. The number of rotatable bonds is 5. The van der Waals surface area contributed by atoms with Crippen LogP contribution in [-0.2, 0) is 0 Å². The summed E-state index contributed by atoms with van der Waals surface area (Å²) < 4.78 is 204. The van der Waals surface area contributed by atoms with E-state index in [-0.39, 0.29) is 0 Å². The molecule has 0 unspecified atom stereocenters. The number of halogens is 15. The van der Waals surface area contributed by atoms with Gasteiger partial charge in [0.15, 0.2) is 0 Å². The van der Waals surface area contributed by atoms with Gasteiger partial charge >= 0.3 is 43.2 Å². The fourth-order valence-corrected chi connectivity index (χ4v) is 16.1. The van der Waals surface area contributed by atoms with Crippen LogP contribution in [0.5, 0.6) is 0 Å². The molecule has 0 radical (unpaired) electrons. The van der Waals surface area contributed by atoms with Crippen molar-refractivity contribution < 1.29 is 65.9 Å². The third-order valence-corrected chi connectivity index (χ3v) is 15.2. The average molecular weight is 544 g/mol. The Hall–Kier alpha value is -0.403. The summed E-state index contributed by atoms with van der Waals surface area (Å²) in [7, 11) is -12.7. The molecule has 32 heavy (non-hydrogen) atoms. The molecule has 0 fully saturated rings. The summed E-state index contributed by atoms with van der Waals surface area (Å²) in [5.74, 6) is -2.97. The van der Waals surface area contributed by atoms with Gasteiger partial charge in [0.25, 0.3) is 0 Å². The van der Waals surface area contributed by atoms with Crippen LogP contribution in [0, 0.1) is 0 Å². The van der Waals surface area contributed by atoms with Crippen LogP contribution in [0.4, 0.5) is 65.9 Å². The van der Waals surface area contributed by atoms with Crippen LogP contribution in [0.2, 0.25) is 0 Å². The van der Waals surface area contributed by atoms with Gasteiger partial charge < -0.3 is 0 Å². The third kappa shape index (κ3) is 4.86. The van der Waals surface area contributed by atoms with E-state index in [1.54, 1.807) is 0 Å². The van der Waals surface area contributed by atoms with Crippen molar-refractivity contribution in [1.82, 2.24) is 0 Å². The summed E-state index contributed by atoms with van der Waals surface area (Å²) in [5.41, 5.74) is -23.1. The maximum atomic E-state index is 14.4. The fraction of sp³-hybridized carbons (Fsp3) is 1.00. The predicted octanol–water partition coefficient (Wildman–Crippen LogP) is 8.26. The van der Waals surface area contributed by atoms with Gasteiger partial charge in [-0.3, -0.25) is 0 Å². The molecule has 0 aromatic carbocycles. The van der Waals surface area contributed by atoms with Gasteiger partial charge in [-0.1, -0.05) is 49.5 Å². The van der Waals surface area contributed by atoms with Crippen molar-refractivity contribution in [2.75, 3.05) is 5.79 Å². The maximum absolute atomic E-state index is 14.4. The molecule has 0 aromatic rings. The molecule has 0 saturated heterocycles. The van der Waals surface area contributed by atoms with E-state index in [9.17, 15) is 65.9 Å². The second kappa shape index (κ2) is 8.08. The summed E-state index contributed by atoms with van der Waals surface area (Å²) in [4.78, 5) is 0. The molecule has 0 saturated carbocycles. The Morgan fingerprint density at radius 1 is 0.438 bits per heavy atom. The Morgan fingerprint density at radius 3 is 0.750 bits per heavy atom. The Kier molecular flexibility index (Phi) is 7.98. The molecule has 0 bridgehead atoms. The van der Waals surface area contributed by atoms with Crippen molar-refractivity contribution in [1.29, 1.82) is 0 Å². The van der Waals surface area contributed by atoms with Gasteiger partial charge in [0.1, 0.15) is 0 Å². The zero-order chi connectivity index (χ0) is 26.8. The predicted molar refractivity (Wildman–Crippen MR) is 90.1 cm³/mol. The van der Waals surface area contributed by atoms with E-state index in [0.717, 1.165) is 41.5 Å². The second-order valence-electron chi connectivity index (χ2n) is 9.05. The Labute approximate surface area is 175 Å². The van der Waals surface area contributed by atoms with Gasteiger partial charge in [-0.15, -0.1) is 0 Å². The first-order valence-electron chi connectivity index (χ1n) is 8.45. The Bertz CT molecular complexity index is 582. The lowest BCUT2D eigenvalue weighted by Crippen LogP contribution is -2.86. The van der Waals surface area contributed by atoms with Crippen LogP contribution in [0.15, 0.2) is 0 Å². The highest BCUT2D eigenvalue weighted by Gasteiger charge is 2.98. The lowest BCUT2D eigenvalue weighted by molar-refractivity contribution is -0.304. The Balaban J connectivity index is 8.03. The van der Waals surface area contributed by atoms with Crippen molar-refractivity contribution in [2.45, 2.75) is 87.0 Å². The quantitative estimate of drug-likeness (QED) is 0.186. The molecular weight excluding hydrogens is 524 g/mol. The van der Waals surface area contributed by atoms with Crippen LogP contribution in [0.1, 0.15) is 41.5 Å². The van der Waals surface area contributed by atoms with E-state index in [4.69, 9.17) is 0 Å². The highest BCUT2D eigenvalue weighted by Crippen LogP contribution is 2.69. The average Bonchev–Trinajstić information content (AvgIpc) is 2.40. The molecule has 194 valence electrons. The van der Waals surface area contributed by atoms with Crippen molar-refractivity contribution in [3.05, 3.63) is 0 Å². The first-order valence-corrected chi connectivity index (χ1v) is 12.2. The number of hydrogen-bond donors (Lipinski definition) is 0. The minimum Gasteiger partial charge on any atom is -0.201 e. The summed E-state index contributed by atoms with van der Waals surface area (Å²) >= 11 is 0. The number of hydrogen-bond acceptors (Lipinski definition) is 0. The standard InChI is InChI=1S/C15H20F15PSi/c1-8(2,3)31(9(4,5)6)7-32(13(25,26)10(16,17)18,14(27,28)11(19,20)21)15(29,30)12(22,23)24/h7H2,1-6H3. The van der Waals surface area contributed by atoms with E-state index in [1.165, 1.54) is 0 Å². The van der Waals surface area contributed by atoms with Crippen LogP contribution in [-0.4, -0.2) is 59.3 Å². The molecular formula is C15H20F15PSi. The molecule has 17 heteroatoms. The lowest BCUT2D eigenvalue weighted by Gasteiger charge is -2.52. The van der Waals surface area contributed by atoms with Gasteiger partial charge in [-0.25, -0.2) is 26.3 Å². The second-order valence-corrected chi connectivity index (χ2v) is 17.5. The van der Waals surface area contributed by atoms with Crippen molar-refractivity contribution in [3.63, 3.8) is 0 Å². The molecule has 0 amide bonds. The van der Waals surface area contributed by atoms with Gasteiger partial charge in [0.05, 0.1) is 0 Å². The van der Waals surface area contributed by atoms with Crippen molar-refractivity contribution in [2.24, 2.45) is 0 Å². The van der Waals surface area contributed by atoms with Crippen LogP contribution in [0.3, 0.4) is 0 Å². The molecule has 0 N–H and O–H groups in total. The minimum atomic E-state index is -9.51. The van der Waals surface area contributed by atoms with E-state index < -0.39 is 67.3 Å². The molecule has 0 nitrogen and oxygen atoms in total. The van der Waals surface area contributed by atoms with E-state index in [0.29, 0.717) is 0 Å². The summed E-state index contributed by atoms with van der Waals surface area (Å²) in [6.07, 6.45) is -22.7. The first kappa shape index (κ1) is 31.6. The third-order valence-electron chi connectivity index (χ3n) is 4.69. The summed E-state index contributed by atoms with van der Waals surface area (Å²) in [5, 5.41) is -3.53. The minimum absolute atomic E-state index is 0.951. The van der Waals surface area contributed by atoms with Crippen LogP contribution < -0.4 is 0 Å². The SMILES string of the molecule is CC(C)(C)P(C[Si](C(F)(F)C(F)(F)F)(C(F)(F)C(F)(F)F)C(F)(F)C(F)(F)F)C(C)(C)C. The largest absolute Gasteiger partial charge is 0.449 e. The molecule has 0 aliphatic rings. The Morgan fingerprint density at radius 2 is 0.625 bits per heavy atom. The van der Waals surface area contributed by atoms with Crippen molar-refractivity contribution >= 4 is 16.0 Å². The molecule has 0 atom stereocenters. The van der Waals surface area contributed by atoms with Gasteiger partial charge in [0.2, 0.25) is 0 Å². The molecule has 0 aromatic heterocycles. The van der Waals surface area contributed by atoms with Gasteiger partial charge in [-0.05, 0) is 16.1 Å². The van der Waals surface area contributed by atoms with Crippen LogP contribution >= 0.6 is 7.92 Å². The highest BCUT2D eigenvalue weighted by molar-refractivity contribution is 7.63. The van der Waals surface area contributed by atoms with Crippen molar-refractivity contribution in [3.8, 4) is 0 Å². The van der Waals surface area contributed by atoms with Crippen LogP contribution in [0.25, 0.3) is 0 Å². The number of alkyl halides is 15. The maximum Gasteiger partial charge on any atom is 0.449 e. The lowest BCUT2D eigenvalue weighted by atomic mass is 10.2. The zero-order valence-corrected chi connectivity index (χ0v) is 19.2. The van der Waals surface area contributed by atoms with Gasteiger partial charge in [-0.2, -0.15) is 39.5 Å². The molecule has 0 aliphatic carbocycles.